The van der Waals surface area contributed by atoms with Gasteiger partial charge in [0.05, 0.1) is 31.3 Å². The molecule has 1 aromatic heterocycles. The number of rotatable bonds is 6. The molecule has 0 bridgehead atoms. The van der Waals surface area contributed by atoms with Gasteiger partial charge in [0.15, 0.2) is 5.82 Å². The Bertz CT molecular complexity index is 1050. The molecule has 31 heavy (non-hydrogen) atoms. The van der Waals surface area contributed by atoms with Gasteiger partial charge < -0.3 is 15.0 Å². The van der Waals surface area contributed by atoms with Crippen LogP contribution >= 0.6 is 0 Å². The van der Waals surface area contributed by atoms with Crippen LogP contribution < -0.4 is 10.1 Å². The summed E-state index contributed by atoms with van der Waals surface area (Å²) >= 11 is 0. The van der Waals surface area contributed by atoms with Crippen molar-refractivity contribution in [3.63, 3.8) is 0 Å². The number of hydrogen-bond donors (Lipinski definition) is 1. The highest BCUT2D eigenvalue weighted by Crippen LogP contribution is 2.36. The minimum atomic E-state index is -0.378. The number of para-hydroxylation sites is 1. The van der Waals surface area contributed by atoms with Crippen LogP contribution in [0, 0.1) is 5.92 Å². The molecule has 9 heteroatoms. The Morgan fingerprint density at radius 3 is 2.61 bits per heavy atom. The van der Waals surface area contributed by atoms with Crippen LogP contribution in [0.15, 0.2) is 54.6 Å². The zero-order valence-electron chi connectivity index (χ0n) is 17.4. The van der Waals surface area contributed by atoms with Crippen LogP contribution in [0.1, 0.15) is 30.3 Å². The lowest BCUT2D eigenvalue weighted by Crippen LogP contribution is -2.46. The summed E-state index contributed by atoms with van der Waals surface area (Å²) in [6, 6.07) is 16.6. The van der Waals surface area contributed by atoms with Gasteiger partial charge in [0.25, 0.3) is 0 Å². The number of carbonyl (C=O) groups is 2. The number of amides is 2. The second kappa shape index (κ2) is 8.95. The van der Waals surface area contributed by atoms with Crippen molar-refractivity contribution >= 4 is 11.8 Å². The minimum absolute atomic E-state index is 0.0258. The summed E-state index contributed by atoms with van der Waals surface area (Å²) in [5.41, 5.74) is 1.71. The highest BCUT2D eigenvalue weighted by molar-refractivity contribution is 5.84. The van der Waals surface area contributed by atoms with E-state index >= 15 is 0 Å². The van der Waals surface area contributed by atoms with E-state index in [0.29, 0.717) is 18.7 Å². The molecule has 2 atom stereocenters. The maximum Gasteiger partial charge on any atom is 0.225 e. The third-order valence-corrected chi connectivity index (χ3v) is 5.61. The fraction of sp³-hybridized carbons (Fsp3) is 0.318. The van der Waals surface area contributed by atoms with Crippen LogP contribution in [0.3, 0.4) is 0 Å². The van der Waals surface area contributed by atoms with E-state index in [1.165, 1.54) is 0 Å². The highest BCUT2D eigenvalue weighted by atomic mass is 16.5. The first-order valence-electron chi connectivity index (χ1n) is 10.1. The van der Waals surface area contributed by atoms with Gasteiger partial charge in [-0.15, -0.1) is 5.10 Å². The Hall–Kier alpha value is -3.75. The molecule has 0 aliphatic carbocycles. The van der Waals surface area contributed by atoms with Gasteiger partial charge in [-0.25, -0.2) is 0 Å². The van der Waals surface area contributed by atoms with Gasteiger partial charge in [0.1, 0.15) is 5.75 Å². The number of hydrogen-bond acceptors (Lipinski definition) is 6. The molecule has 1 N–H and O–H groups in total. The molecule has 1 aliphatic rings. The van der Waals surface area contributed by atoms with E-state index in [4.69, 9.17) is 4.74 Å². The maximum absolute atomic E-state index is 13.1. The predicted molar refractivity (Wildman–Crippen MR) is 112 cm³/mol. The van der Waals surface area contributed by atoms with E-state index in [9.17, 15) is 9.59 Å². The quantitative estimate of drug-likeness (QED) is 0.653. The van der Waals surface area contributed by atoms with Crippen LogP contribution in [0.2, 0.25) is 0 Å². The van der Waals surface area contributed by atoms with E-state index in [-0.39, 0.29) is 30.3 Å². The molecule has 2 amide bonds. The Labute approximate surface area is 180 Å². The molecule has 3 aromatic rings. The SMILES string of the molecule is COc1ccc(C2C(C(=O)NCc3nnnn3-c3ccccc3)CCC(=O)N2C)cc1. The number of piperidine rings is 1. The lowest BCUT2D eigenvalue weighted by Gasteiger charge is -2.38. The number of carbonyl (C=O) groups excluding carboxylic acids is 2. The first-order chi connectivity index (χ1) is 15.1. The van der Waals surface area contributed by atoms with Crippen LogP contribution in [-0.4, -0.2) is 51.1 Å². The standard InChI is InChI=1S/C22H24N6O3/c1-27-20(29)13-12-18(21(27)15-8-10-17(31-2)11-9-15)22(30)23-14-19-24-25-26-28(19)16-6-4-3-5-7-16/h3-11,18,21H,12-14H2,1-2H3,(H,23,30). The normalized spacial score (nSPS) is 18.6. The average molecular weight is 420 g/mol. The summed E-state index contributed by atoms with van der Waals surface area (Å²) in [4.78, 5) is 27.2. The summed E-state index contributed by atoms with van der Waals surface area (Å²) in [5.74, 6) is 0.765. The first-order valence-corrected chi connectivity index (χ1v) is 10.1. The number of nitrogens with one attached hydrogen (secondary N) is 1. The smallest absolute Gasteiger partial charge is 0.225 e. The molecule has 1 fully saturated rings. The van der Waals surface area contributed by atoms with Crippen LogP contribution in [0.25, 0.3) is 5.69 Å². The monoisotopic (exact) mass is 420 g/mol. The van der Waals surface area contributed by atoms with E-state index in [0.717, 1.165) is 17.0 Å². The van der Waals surface area contributed by atoms with Crippen molar-refractivity contribution in [1.29, 1.82) is 0 Å². The second-order valence-electron chi connectivity index (χ2n) is 7.43. The van der Waals surface area contributed by atoms with E-state index in [1.54, 1.807) is 23.7 Å². The molecule has 4 rings (SSSR count). The lowest BCUT2D eigenvalue weighted by molar-refractivity contribution is -0.141. The zero-order valence-corrected chi connectivity index (χ0v) is 17.4. The molecule has 0 spiro atoms. The number of aromatic nitrogens is 4. The molecule has 1 saturated heterocycles. The van der Waals surface area contributed by atoms with Gasteiger partial charge in [-0.1, -0.05) is 30.3 Å². The average Bonchev–Trinajstić information content (AvgIpc) is 3.28. The zero-order chi connectivity index (χ0) is 21.8. The molecule has 9 nitrogen and oxygen atoms in total. The molecule has 160 valence electrons. The molecule has 2 unspecified atom stereocenters. The van der Waals surface area contributed by atoms with Crippen LogP contribution in [-0.2, 0) is 16.1 Å². The molecular formula is C22H24N6O3. The molecule has 0 saturated carbocycles. The van der Waals surface area contributed by atoms with Gasteiger partial charge in [-0.05, 0) is 46.7 Å². The Morgan fingerprint density at radius 2 is 1.90 bits per heavy atom. The minimum Gasteiger partial charge on any atom is -0.497 e. The summed E-state index contributed by atoms with van der Waals surface area (Å²) in [5, 5.41) is 14.8. The maximum atomic E-state index is 13.1. The largest absolute Gasteiger partial charge is 0.497 e. The van der Waals surface area contributed by atoms with Crippen molar-refractivity contribution in [1.82, 2.24) is 30.4 Å². The first kappa shape index (κ1) is 20.5. The van der Waals surface area contributed by atoms with Crippen molar-refractivity contribution in [3.05, 3.63) is 66.0 Å². The summed E-state index contributed by atoms with van der Waals surface area (Å²) in [7, 11) is 3.34. The highest BCUT2D eigenvalue weighted by Gasteiger charge is 2.38. The van der Waals surface area contributed by atoms with Crippen LogP contribution in [0.5, 0.6) is 5.75 Å². The van der Waals surface area contributed by atoms with Gasteiger partial charge in [0.2, 0.25) is 11.8 Å². The third kappa shape index (κ3) is 4.25. The molecule has 1 aliphatic heterocycles. The summed E-state index contributed by atoms with van der Waals surface area (Å²) in [6.45, 7) is 0.185. The van der Waals surface area contributed by atoms with Gasteiger partial charge in [-0.3, -0.25) is 9.59 Å². The van der Waals surface area contributed by atoms with Gasteiger partial charge in [-0.2, -0.15) is 4.68 Å². The topological polar surface area (TPSA) is 102 Å². The Balaban J connectivity index is 1.51. The number of tetrazole rings is 1. The summed E-state index contributed by atoms with van der Waals surface area (Å²) < 4.78 is 6.82. The fourth-order valence-electron chi connectivity index (χ4n) is 3.95. The molecule has 2 heterocycles. The van der Waals surface area contributed by atoms with Crippen molar-refractivity contribution in [2.75, 3.05) is 14.2 Å². The fourth-order valence-corrected chi connectivity index (χ4v) is 3.95. The number of likely N-dealkylation sites (tertiary alicyclic amines) is 1. The second-order valence-corrected chi connectivity index (χ2v) is 7.43. The molecule has 2 aromatic carbocycles. The van der Waals surface area contributed by atoms with E-state index in [2.05, 4.69) is 20.8 Å². The number of methoxy groups -OCH3 is 1. The van der Waals surface area contributed by atoms with Crippen LogP contribution in [0.4, 0.5) is 0 Å². The molecular weight excluding hydrogens is 396 g/mol. The Morgan fingerprint density at radius 1 is 1.16 bits per heavy atom. The lowest BCUT2D eigenvalue weighted by atomic mass is 9.84. The van der Waals surface area contributed by atoms with Gasteiger partial charge in [0, 0.05) is 13.5 Å². The number of benzene rings is 2. The van der Waals surface area contributed by atoms with E-state index < -0.39 is 0 Å². The van der Waals surface area contributed by atoms with Crippen molar-refractivity contribution in [3.8, 4) is 11.4 Å². The Kier molecular flexibility index (Phi) is 5.92. The van der Waals surface area contributed by atoms with Crippen molar-refractivity contribution < 1.29 is 14.3 Å². The van der Waals surface area contributed by atoms with Gasteiger partial charge >= 0.3 is 0 Å². The molecule has 0 radical (unpaired) electrons. The number of nitrogens with zero attached hydrogens (tertiary/aromatic N) is 5. The summed E-state index contributed by atoms with van der Waals surface area (Å²) in [6.07, 6.45) is 0.818. The third-order valence-electron chi connectivity index (χ3n) is 5.61. The van der Waals surface area contributed by atoms with Crippen molar-refractivity contribution in [2.24, 2.45) is 5.92 Å². The van der Waals surface area contributed by atoms with E-state index in [1.807, 2.05) is 54.6 Å². The predicted octanol–water partition coefficient (Wildman–Crippen LogP) is 1.90. The van der Waals surface area contributed by atoms with Crippen molar-refractivity contribution in [2.45, 2.75) is 25.4 Å². The number of ether oxygens (including phenoxy) is 1.